The molecule has 0 aliphatic carbocycles. The van der Waals surface area contributed by atoms with Crippen LogP contribution in [-0.2, 0) is 4.79 Å². The first kappa shape index (κ1) is 13.7. The molecule has 2 aromatic carbocycles. The Kier molecular flexibility index (Phi) is 3.55. The monoisotopic (exact) mass is 291 g/mol. The molecule has 2 nitrogen and oxygen atoms in total. The first-order chi connectivity index (χ1) is 10.8. The Morgan fingerprint density at radius 1 is 0.773 bits per heavy atom. The fourth-order valence-corrected chi connectivity index (χ4v) is 4.23. The number of rotatable bonds is 3. The summed E-state index contributed by atoms with van der Waals surface area (Å²) in [5, 5.41) is 0. The summed E-state index contributed by atoms with van der Waals surface area (Å²) in [5.41, 5.74) is 2.67. The van der Waals surface area contributed by atoms with E-state index in [0.29, 0.717) is 17.9 Å². The van der Waals surface area contributed by atoms with Crippen LogP contribution in [0, 0.1) is 0 Å². The van der Waals surface area contributed by atoms with Gasteiger partial charge in [0.15, 0.2) is 0 Å². The van der Waals surface area contributed by atoms with Crippen molar-refractivity contribution in [3.63, 3.8) is 0 Å². The highest BCUT2D eigenvalue weighted by Gasteiger charge is 2.44. The van der Waals surface area contributed by atoms with E-state index in [-0.39, 0.29) is 6.04 Å². The van der Waals surface area contributed by atoms with E-state index >= 15 is 0 Å². The molecular formula is C20H21NO. The summed E-state index contributed by atoms with van der Waals surface area (Å²) in [6.07, 6.45) is 3.78. The molecule has 2 bridgehead atoms. The zero-order valence-electron chi connectivity index (χ0n) is 12.7. The van der Waals surface area contributed by atoms with E-state index in [1.54, 1.807) is 0 Å². The van der Waals surface area contributed by atoms with Gasteiger partial charge in [-0.25, -0.2) is 0 Å². The van der Waals surface area contributed by atoms with Gasteiger partial charge in [0, 0.05) is 24.9 Å². The lowest BCUT2D eigenvalue weighted by Gasteiger charge is -2.40. The van der Waals surface area contributed by atoms with Crippen LogP contribution in [0.1, 0.15) is 42.9 Å². The van der Waals surface area contributed by atoms with Crippen LogP contribution in [-0.4, -0.2) is 22.8 Å². The van der Waals surface area contributed by atoms with Gasteiger partial charge in [0.2, 0.25) is 0 Å². The van der Waals surface area contributed by atoms with Gasteiger partial charge >= 0.3 is 0 Å². The van der Waals surface area contributed by atoms with Gasteiger partial charge in [-0.2, -0.15) is 0 Å². The summed E-state index contributed by atoms with van der Waals surface area (Å²) in [6.45, 7) is 0. The maximum atomic E-state index is 11.9. The van der Waals surface area contributed by atoms with Gasteiger partial charge in [0.25, 0.3) is 0 Å². The average molecular weight is 291 g/mol. The summed E-state index contributed by atoms with van der Waals surface area (Å²) in [4.78, 5) is 14.6. The molecule has 2 heterocycles. The highest BCUT2D eigenvalue weighted by Crippen LogP contribution is 2.42. The fourth-order valence-electron chi connectivity index (χ4n) is 4.23. The molecule has 2 unspecified atom stereocenters. The summed E-state index contributed by atoms with van der Waals surface area (Å²) in [7, 11) is 0. The third-order valence-electron chi connectivity index (χ3n) is 5.13. The number of fused-ring (bicyclic) bond motifs is 2. The molecule has 112 valence electrons. The second kappa shape index (κ2) is 5.69. The van der Waals surface area contributed by atoms with Crippen molar-refractivity contribution in [1.29, 1.82) is 0 Å². The van der Waals surface area contributed by atoms with Gasteiger partial charge in [-0.15, -0.1) is 0 Å². The lowest BCUT2D eigenvalue weighted by atomic mass is 9.91. The third kappa shape index (κ3) is 2.38. The average Bonchev–Trinajstić information content (AvgIpc) is 2.81. The van der Waals surface area contributed by atoms with Gasteiger partial charge in [-0.1, -0.05) is 60.7 Å². The van der Waals surface area contributed by atoms with Crippen LogP contribution in [0.3, 0.4) is 0 Å². The van der Waals surface area contributed by atoms with E-state index in [1.165, 1.54) is 11.1 Å². The second-order valence-electron chi connectivity index (χ2n) is 6.50. The van der Waals surface area contributed by atoms with Crippen LogP contribution < -0.4 is 0 Å². The third-order valence-corrected chi connectivity index (χ3v) is 5.13. The Morgan fingerprint density at radius 3 is 1.68 bits per heavy atom. The molecule has 2 aromatic rings. The van der Waals surface area contributed by atoms with Crippen molar-refractivity contribution >= 4 is 5.78 Å². The number of hydrogen-bond acceptors (Lipinski definition) is 2. The largest absolute Gasteiger partial charge is 0.300 e. The molecule has 2 saturated heterocycles. The lowest BCUT2D eigenvalue weighted by molar-refractivity contribution is -0.124. The number of ketones is 1. The summed E-state index contributed by atoms with van der Waals surface area (Å²) in [5.74, 6) is 0.448. The van der Waals surface area contributed by atoms with E-state index in [1.807, 2.05) is 0 Å². The minimum atomic E-state index is 0.271. The number of carbonyl (C=O) groups excluding carboxylic acids is 1. The topological polar surface area (TPSA) is 20.3 Å². The van der Waals surface area contributed by atoms with Crippen molar-refractivity contribution in [2.24, 2.45) is 0 Å². The van der Waals surface area contributed by atoms with E-state index in [0.717, 1.165) is 25.7 Å². The normalized spacial score (nSPS) is 24.9. The second-order valence-corrected chi connectivity index (χ2v) is 6.50. The molecule has 0 radical (unpaired) electrons. The Bertz CT molecular complexity index is 596. The minimum Gasteiger partial charge on any atom is -0.300 e. The Labute approximate surface area is 131 Å². The molecule has 2 fully saturated rings. The summed E-state index contributed by atoms with van der Waals surface area (Å²) >= 11 is 0. The van der Waals surface area contributed by atoms with Crippen molar-refractivity contribution in [2.45, 2.75) is 43.8 Å². The Morgan fingerprint density at radius 2 is 1.23 bits per heavy atom. The number of piperidine rings is 1. The smallest absolute Gasteiger partial charge is 0.136 e. The van der Waals surface area contributed by atoms with Gasteiger partial charge in [-0.3, -0.25) is 9.69 Å². The highest BCUT2D eigenvalue weighted by atomic mass is 16.1. The zero-order chi connectivity index (χ0) is 14.9. The maximum absolute atomic E-state index is 11.9. The zero-order valence-corrected chi connectivity index (χ0v) is 12.7. The van der Waals surface area contributed by atoms with Crippen molar-refractivity contribution < 1.29 is 4.79 Å². The Hall–Kier alpha value is -1.93. The molecule has 2 heteroatoms. The van der Waals surface area contributed by atoms with Crippen LogP contribution >= 0.6 is 0 Å². The molecule has 2 aliphatic heterocycles. The SMILES string of the molecule is O=C1CC2CCC(C1)N2C(c1ccccc1)c1ccccc1. The Balaban J connectivity index is 1.77. The molecule has 22 heavy (non-hydrogen) atoms. The number of benzene rings is 2. The predicted molar refractivity (Wildman–Crippen MR) is 87.6 cm³/mol. The van der Waals surface area contributed by atoms with Crippen LogP contribution in [0.5, 0.6) is 0 Å². The minimum absolute atomic E-state index is 0.271. The molecule has 4 rings (SSSR count). The van der Waals surface area contributed by atoms with Crippen LogP contribution in [0.15, 0.2) is 60.7 Å². The molecular weight excluding hydrogens is 270 g/mol. The van der Waals surface area contributed by atoms with Gasteiger partial charge < -0.3 is 0 Å². The van der Waals surface area contributed by atoms with Crippen molar-refractivity contribution in [3.8, 4) is 0 Å². The van der Waals surface area contributed by atoms with Gasteiger partial charge in [0.05, 0.1) is 6.04 Å². The van der Waals surface area contributed by atoms with E-state index in [9.17, 15) is 4.79 Å². The van der Waals surface area contributed by atoms with Crippen LogP contribution in [0.25, 0.3) is 0 Å². The predicted octanol–water partition coefficient (Wildman–Crippen LogP) is 3.97. The van der Waals surface area contributed by atoms with Crippen LogP contribution in [0.4, 0.5) is 0 Å². The van der Waals surface area contributed by atoms with E-state index < -0.39 is 0 Å². The molecule has 0 aromatic heterocycles. The molecule has 0 amide bonds. The van der Waals surface area contributed by atoms with E-state index in [2.05, 4.69) is 65.6 Å². The molecule has 0 saturated carbocycles. The molecule has 2 atom stereocenters. The van der Waals surface area contributed by atoms with E-state index in [4.69, 9.17) is 0 Å². The first-order valence-corrected chi connectivity index (χ1v) is 8.22. The molecule has 0 spiro atoms. The summed E-state index contributed by atoms with van der Waals surface area (Å²) in [6, 6.07) is 22.6. The molecule has 0 N–H and O–H groups in total. The molecule has 2 aliphatic rings. The number of carbonyl (C=O) groups is 1. The number of nitrogens with zero attached hydrogens (tertiary/aromatic N) is 1. The van der Waals surface area contributed by atoms with Crippen molar-refractivity contribution in [3.05, 3.63) is 71.8 Å². The number of hydrogen-bond donors (Lipinski definition) is 0. The fraction of sp³-hybridized carbons (Fsp3) is 0.350. The van der Waals surface area contributed by atoms with Gasteiger partial charge in [-0.05, 0) is 24.0 Å². The highest BCUT2D eigenvalue weighted by molar-refractivity contribution is 5.81. The van der Waals surface area contributed by atoms with Crippen molar-refractivity contribution in [1.82, 2.24) is 4.90 Å². The quantitative estimate of drug-likeness (QED) is 0.852. The van der Waals surface area contributed by atoms with Gasteiger partial charge in [0.1, 0.15) is 5.78 Å². The van der Waals surface area contributed by atoms with Crippen molar-refractivity contribution in [2.75, 3.05) is 0 Å². The first-order valence-electron chi connectivity index (χ1n) is 8.22. The maximum Gasteiger partial charge on any atom is 0.136 e. The standard InChI is InChI=1S/C20H21NO/c22-19-13-17-11-12-18(14-19)21(17)20(15-7-3-1-4-8-15)16-9-5-2-6-10-16/h1-10,17-18,20H,11-14H2. The number of Topliss-reactive ketones (excluding diaryl/α,β-unsaturated/α-hetero) is 1. The lowest BCUT2D eigenvalue weighted by Crippen LogP contribution is -2.45. The summed E-state index contributed by atoms with van der Waals surface area (Å²) < 4.78 is 0. The van der Waals surface area contributed by atoms with Crippen LogP contribution in [0.2, 0.25) is 0 Å².